The highest BCUT2D eigenvalue weighted by molar-refractivity contribution is 6.29. The predicted molar refractivity (Wildman–Crippen MR) is 266 cm³/mol. The lowest BCUT2D eigenvalue weighted by molar-refractivity contribution is 0.444. The maximum absolute atomic E-state index is 2.52. The molecule has 0 aliphatic heterocycles. The van der Waals surface area contributed by atoms with Crippen LogP contribution in [-0.2, 0) is 0 Å². The van der Waals surface area contributed by atoms with Crippen LogP contribution in [0.4, 0.5) is 34.1 Å². The Hall–Kier alpha value is -7.16. The zero-order valence-corrected chi connectivity index (χ0v) is 35.6. The first-order valence-electron chi connectivity index (χ1n) is 22.4. The van der Waals surface area contributed by atoms with Crippen molar-refractivity contribution in [3.8, 4) is 22.3 Å². The maximum Gasteiger partial charge on any atom is 0.0561 e. The second-order valence-corrected chi connectivity index (χ2v) is 17.2. The zero-order chi connectivity index (χ0) is 41.6. The van der Waals surface area contributed by atoms with Crippen LogP contribution >= 0.6 is 0 Å². The second kappa shape index (κ2) is 16.0. The fraction of sp³-hybridized carbons (Fsp3) is 0.133. The summed E-state index contributed by atoms with van der Waals surface area (Å²) in [5.74, 6) is 0.624. The van der Waals surface area contributed by atoms with Crippen molar-refractivity contribution in [1.29, 1.82) is 0 Å². The second-order valence-electron chi connectivity index (χ2n) is 17.2. The molecule has 10 aromatic rings. The Labute approximate surface area is 365 Å². The van der Waals surface area contributed by atoms with Crippen LogP contribution in [0.2, 0.25) is 0 Å². The summed E-state index contributed by atoms with van der Waals surface area (Å²) in [6.45, 7) is 4.57. The molecule has 62 heavy (non-hydrogen) atoms. The lowest BCUT2D eigenvalue weighted by Crippen LogP contribution is -2.16. The SMILES string of the molecule is Cc1c(-c2ccccc2)cccc1N(c1ccccc1)c1cc(N(c2ccccc2)c2cccc(-c3ccccc3)c2C)c2ccc3cc(C4CCCCC4)cc4ccc1c2c43. The van der Waals surface area contributed by atoms with Crippen LogP contribution in [-0.4, -0.2) is 0 Å². The Morgan fingerprint density at radius 1 is 0.371 bits per heavy atom. The third-order valence-corrected chi connectivity index (χ3v) is 13.5. The molecule has 0 spiro atoms. The Morgan fingerprint density at radius 3 is 1.26 bits per heavy atom. The summed E-state index contributed by atoms with van der Waals surface area (Å²) in [6, 6.07) is 74.2. The molecule has 0 saturated heterocycles. The van der Waals surface area contributed by atoms with Gasteiger partial charge < -0.3 is 9.80 Å². The molecule has 1 aliphatic rings. The Morgan fingerprint density at radius 2 is 0.806 bits per heavy atom. The highest BCUT2D eigenvalue weighted by Crippen LogP contribution is 2.52. The molecule has 1 saturated carbocycles. The quantitative estimate of drug-likeness (QED) is 0.134. The molecule has 0 aromatic heterocycles. The van der Waals surface area contributed by atoms with Crippen LogP contribution in [0.3, 0.4) is 0 Å². The molecule has 0 heterocycles. The van der Waals surface area contributed by atoms with E-state index >= 15 is 0 Å². The van der Waals surface area contributed by atoms with Gasteiger partial charge in [0.15, 0.2) is 0 Å². The van der Waals surface area contributed by atoms with Crippen molar-refractivity contribution in [2.45, 2.75) is 51.9 Å². The lowest BCUT2D eigenvalue weighted by atomic mass is 9.82. The molecule has 0 radical (unpaired) electrons. The van der Waals surface area contributed by atoms with Crippen LogP contribution in [0.15, 0.2) is 200 Å². The Bertz CT molecular complexity index is 2970. The minimum atomic E-state index is 0.624. The normalized spacial score (nSPS) is 13.3. The number of nitrogens with zero attached hydrogens (tertiary/aromatic N) is 2. The van der Waals surface area contributed by atoms with Crippen LogP contribution in [0.1, 0.15) is 54.7 Å². The molecule has 2 heteroatoms. The van der Waals surface area contributed by atoms with Crippen molar-refractivity contribution in [1.82, 2.24) is 0 Å². The molecule has 0 bridgehead atoms. The van der Waals surface area contributed by atoms with E-state index in [2.05, 4.69) is 224 Å². The van der Waals surface area contributed by atoms with E-state index < -0.39 is 0 Å². The number of hydrogen-bond donors (Lipinski definition) is 0. The van der Waals surface area contributed by atoms with E-state index in [9.17, 15) is 0 Å². The van der Waals surface area contributed by atoms with E-state index in [1.54, 1.807) is 0 Å². The van der Waals surface area contributed by atoms with Gasteiger partial charge in [-0.15, -0.1) is 0 Å². The molecular weight excluding hydrogens is 749 g/mol. The standard InChI is InChI=1S/C60H50N2/c1-41-51(44-22-10-4-11-23-44)30-18-32-55(41)61(49-26-14-6-15-27-49)57-40-58(62(50-28-16-7-17-29-50)56-33-19-31-52(42(56)2)45-24-12-5-13-25-45)54-37-35-47-39-48(43-20-8-3-9-21-43)38-46-34-36-53(57)60(54)59(46)47/h4-7,10-19,22-40,43H,3,8-9,20-21H2,1-2H3. The summed E-state index contributed by atoms with van der Waals surface area (Å²) in [5.41, 5.74) is 15.7. The fourth-order valence-electron chi connectivity index (χ4n) is 10.5. The highest BCUT2D eigenvalue weighted by atomic mass is 15.2. The van der Waals surface area contributed by atoms with Gasteiger partial charge in [0.25, 0.3) is 0 Å². The third kappa shape index (κ3) is 6.59. The predicted octanol–water partition coefficient (Wildman–Crippen LogP) is 17.5. The summed E-state index contributed by atoms with van der Waals surface area (Å²) < 4.78 is 0. The van der Waals surface area contributed by atoms with Crippen molar-refractivity contribution in [2.75, 3.05) is 9.80 Å². The highest BCUT2D eigenvalue weighted by Gasteiger charge is 2.27. The van der Waals surface area contributed by atoms with Crippen LogP contribution < -0.4 is 9.80 Å². The average molecular weight is 799 g/mol. The first-order chi connectivity index (χ1) is 30.6. The molecule has 11 rings (SSSR count). The summed E-state index contributed by atoms with van der Waals surface area (Å²) >= 11 is 0. The minimum absolute atomic E-state index is 0.624. The average Bonchev–Trinajstić information content (AvgIpc) is 3.34. The molecule has 300 valence electrons. The van der Waals surface area contributed by atoms with Gasteiger partial charge in [0.05, 0.1) is 11.4 Å². The third-order valence-electron chi connectivity index (χ3n) is 13.5. The van der Waals surface area contributed by atoms with E-state index in [1.807, 2.05) is 0 Å². The van der Waals surface area contributed by atoms with Crippen molar-refractivity contribution in [3.63, 3.8) is 0 Å². The summed E-state index contributed by atoms with van der Waals surface area (Å²) in [7, 11) is 0. The van der Waals surface area contributed by atoms with Gasteiger partial charge in [0, 0.05) is 38.9 Å². The van der Waals surface area contributed by atoms with Gasteiger partial charge in [0.2, 0.25) is 0 Å². The molecule has 0 atom stereocenters. The van der Waals surface area contributed by atoms with Gasteiger partial charge in [-0.1, -0.05) is 177 Å². The van der Waals surface area contributed by atoms with E-state index in [-0.39, 0.29) is 0 Å². The topological polar surface area (TPSA) is 6.48 Å². The van der Waals surface area contributed by atoms with Crippen molar-refractivity contribution >= 4 is 66.4 Å². The zero-order valence-electron chi connectivity index (χ0n) is 35.6. The van der Waals surface area contributed by atoms with Gasteiger partial charge in [-0.3, -0.25) is 0 Å². The van der Waals surface area contributed by atoms with Crippen molar-refractivity contribution in [3.05, 3.63) is 217 Å². The monoisotopic (exact) mass is 798 g/mol. The van der Waals surface area contributed by atoms with E-state index in [1.165, 1.54) is 103 Å². The minimum Gasteiger partial charge on any atom is -0.310 e. The fourth-order valence-corrected chi connectivity index (χ4v) is 10.5. The van der Waals surface area contributed by atoms with Crippen molar-refractivity contribution < 1.29 is 0 Å². The number of benzene rings is 10. The van der Waals surface area contributed by atoms with Gasteiger partial charge in [-0.25, -0.2) is 0 Å². The van der Waals surface area contributed by atoms with E-state index in [0.29, 0.717) is 5.92 Å². The number of rotatable bonds is 9. The largest absolute Gasteiger partial charge is 0.310 e. The molecule has 0 amide bonds. The number of anilines is 6. The van der Waals surface area contributed by atoms with Crippen LogP contribution in [0, 0.1) is 13.8 Å². The smallest absolute Gasteiger partial charge is 0.0561 e. The molecular formula is C60H50N2. The van der Waals surface area contributed by atoms with Crippen molar-refractivity contribution in [2.24, 2.45) is 0 Å². The molecule has 2 nitrogen and oxygen atoms in total. The van der Waals surface area contributed by atoms with E-state index in [4.69, 9.17) is 0 Å². The molecule has 0 N–H and O–H groups in total. The van der Waals surface area contributed by atoms with Gasteiger partial charge in [-0.05, 0) is 130 Å². The molecule has 10 aromatic carbocycles. The van der Waals surface area contributed by atoms with Crippen LogP contribution in [0.5, 0.6) is 0 Å². The molecule has 1 fully saturated rings. The van der Waals surface area contributed by atoms with Gasteiger partial charge in [0.1, 0.15) is 0 Å². The van der Waals surface area contributed by atoms with Crippen LogP contribution in [0.25, 0.3) is 54.6 Å². The first kappa shape index (κ1) is 37.8. The molecule has 1 aliphatic carbocycles. The molecule has 0 unspecified atom stereocenters. The summed E-state index contributed by atoms with van der Waals surface area (Å²) in [5, 5.41) is 7.77. The Balaban J connectivity index is 1.25. The maximum atomic E-state index is 2.52. The van der Waals surface area contributed by atoms with Gasteiger partial charge >= 0.3 is 0 Å². The van der Waals surface area contributed by atoms with Gasteiger partial charge in [-0.2, -0.15) is 0 Å². The number of hydrogen-bond acceptors (Lipinski definition) is 2. The lowest BCUT2D eigenvalue weighted by Gasteiger charge is -2.34. The first-order valence-corrected chi connectivity index (χ1v) is 22.4. The summed E-state index contributed by atoms with van der Waals surface area (Å²) in [6.07, 6.45) is 6.56. The number of para-hydroxylation sites is 2. The summed E-state index contributed by atoms with van der Waals surface area (Å²) in [4.78, 5) is 5.03. The van der Waals surface area contributed by atoms with E-state index in [0.717, 1.165) is 34.1 Å². The Kier molecular flexibility index (Phi) is 9.78.